The summed E-state index contributed by atoms with van der Waals surface area (Å²) in [5.74, 6) is -0.970. The van der Waals surface area contributed by atoms with E-state index in [9.17, 15) is 14.4 Å². The summed E-state index contributed by atoms with van der Waals surface area (Å²) in [7, 11) is 1.29. The fraction of sp³-hybridized carbons (Fsp3) is 0.241. The molecule has 0 bridgehead atoms. The van der Waals surface area contributed by atoms with Crippen LogP contribution in [0.4, 0.5) is 11.4 Å². The van der Waals surface area contributed by atoms with Gasteiger partial charge in [-0.25, -0.2) is 0 Å². The van der Waals surface area contributed by atoms with Crippen LogP contribution in [-0.2, 0) is 27.2 Å². The smallest absolute Gasteiger partial charge is 0.325 e. The lowest BCUT2D eigenvalue weighted by atomic mass is 9.96. The second-order valence-corrected chi connectivity index (χ2v) is 8.57. The Bertz CT molecular complexity index is 1300. The Labute approximate surface area is 210 Å². The molecule has 0 radical (unpaired) electrons. The van der Waals surface area contributed by atoms with Crippen LogP contribution < -0.4 is 9.80 Å². The highest BCUT2D eigenvalue weighted by Crippen LogP contribution is 2.33. The summed E-state index contributed by atoms with van der Waals surface area (Å²) in [4.78, 5) is 42.4. The molecule has 2 amide bonds. The molecule has 0 fully saturated rings. The summed E-state index contributed by atoms with van der Waals surface area (Å²) in [6.45, 7) is 0.279. The van der Waals surface area contributed by atoms with E-state index in [-0.39, 0.29) is 24.8 Å². The van der Waals surface area contributed by atoms with E-state index in [2.05, 4.69) is 6.07 Å². The normalized spacial score (nSPS) is 12.3. The van der Waals surface area contributed by atoms with Gasteiger partial charge in [-0.2, -0.15) is 5.26 Å². The first-order chi connectivity index (χ1) is 17.5. The van der Waals surface area contributed by atoms with E-state index in [4.69, 9.17) is 10.00 Å². The lowest BCUT2D eigenvalue weighted by Gasteiger charge is -2.33. The third-order valence-electron chi connectivity index (χ3n) is 6.29. The molecule has 0 spiro atoms. The molecule has 0 aliphatic carbocycles. The number of fused-ring (bicyclic) bond motifs is 1. The van der Waals surface area contributed by atoms with Gasteiger partial charge in [-0.3, -0.25) is 19.3 Å². The van der Waals surface area contributed by atoms with E-state index in [0.29, 0.717) is 35.5 Å². The molecule has 0 N–H and O–H groups in total. The summed E-state index contributed by atoms with van der Waals surface area (Å²) in [6, 6.07) is 23.7. The third-order valence-corrected chi connectivity index (χ3v) is 6.29. The van der Waals surface area contributed by atoms with Crippen molar-refractivity contribution in [2.24, 2.45) is 0 Å². The van der Waals surface area contributed by atoms with Gasteiger partial charge in [0.25, 0.3) is 5.91 Å². The highest BCUT2D eigenvalue weighted by Gasteiger charge is 2.30. The number of methoxy groups -OCH3 is 1. The predicted octanol–water partition coefficient (Wildman–Crippen LogP) is 4.29. The van der Waals surface area contributed by atoms with E-state index in [0.717, 1.165) is 24.0 Å². The molecule has 1 aliphatic rings. The van der Waals surface area contributed by atoms with Gasteiger partial charge in [-0.15, -0.1) is 0 Å². The van der Waals surface area contributed by atoms with Crippen molar-refractivity contribution < 1.29 is 19.1 Å². The Morgan fingerprint density at radius 3 is 2.44 bits per heavy atom. The Balaban J connectivity index is 1.63. The van der Waals surface area contributed by atoms with E-state index < -0.39 is 5.97 Å². The molecule has 1 aliphatic heterocycles. The molecule has 182 valence electrons. The first-order valence-electron chi connectivity index (χ1n) is 11.9. The van der Waals surface area contributed by atoms with Crippen molar-refractivity contribution in [1.29, 1.82) is 5.26 Å². The number of hydrogen-bond acceptors (Lipinski definition) is 5. The summed E-state index contributed by atoms with van der Waals surface area (Å²) in [5, 5.41) is 8.99. The molecule has 3 aromatic carbocycles. The lowest BCUT2D eigenvalue weighted by molar-refractivity contribution is -0.138. The van der Waals surface area contributed by atoms with E-state index >= 15 is 0 Å². The molecule has 0 saturated carbocycles. The van der Waals surface area contributed by atoms with Gasteiger partial charge in [-0.05, 0) is 60.7 Å². The average Bonchev–Trinajstić information content (AvgIpc) is 2.94. The maximum atomic E-state index is 13.8. The monoisotopic (exact) mass is 481 g/mol. The van der Waals surface area contributed by atoms with Gasteiger partial charge in [0.05, 0.1) is 30.0 Å². The summed E-state index contributed by atoms with van der Waals surface area (Å²) in [5.41, 5.74) is 4.05. The summed E-state index contributed by atoms with van der Waals surface area (Å²) >= 11 is 0. The second-order valence-electron chi connectivity index (χ2n) is 8.57. The number of anilines is 2. The van der Waals surface area contributed by atoms with Crippen molar-refractivity contribution in [3.8, 4) is 6.07 Å². The fourth-order valence-electron chi connectivity index (χ4n) is 4.43. The highest BCUT2D eigenvalue weighted by molar-refractivity contribution is 6.14. The van der Waals surface area contributed by atoms with Crippen molar-refractivity contribution in [3.63, 3.8) is 0 Å². The number of rotatable bonds is 7. The van der Waals surface area contributed by atoms with Gasteiger partial charge < -0.3 is 9.64 Å². The number of benzene rings is 3. The van der Waals surface area contributed by atoms with Crippen LogP contribution in [0.5, 0.6) is 0 Å². The maximum absolute atomic E-state index is 13.8. The zero-order chi connectivity index (χ0) is 25.5. The van der Waals surface area contributed by atoms with Crippen LogP contribution >= 0.6 is 0 Å². The molecule has 0 atom stereocenters. The number of hydrogen-bond donors (Lipinski definition) is 0. The number of amides is 2. The molecular formula is C29H27N3O4. The molecule has 0 unspecified atom stereocenters. The molecule has 7 heteroatoms. The predicted molar refractivity (Wildman–Crippen MR) is 137 cm³/mol. The standard InChI is InChI=1S/C29H27N3O4/c1-36-27(34)20-32(24-9-3-2-4-10-24)29(35)25-11-5-7-23-8-6-18-31(28(23)25)26(33)17-16-21-12-14-22(19-30)15-13-21/h2-5,7,9-15H,6,8,16-18,20H2,1H3. The zero-order valence-electron chi connectivity index (χ0n) is 20.1. The van der Waals surface area contributed by atoms with Crippen LogP contribution in [0.25, 0.3) is 0 Å². The number of carbonyl (C=O) groups excluding carboxylic acids is 3. The summed E-state index contributed by atoms with van der Waals surface area (Å²) < 4.78 is 4.83. The number of esters is 1. The van der Waals surface area contributed by atoms with Crippen LogP contribution in [-0.4, -0.2) is 38.0 Å². The van der Waals surface area contributed by atoms with E-state index in [1.54, 1.807) is 47.4 Å². The van der Waals surface area contributed by atoms with Gasteiger partial charge in [-0.1, -0.05) is 42.5 Å². The quantitative estimate of drug-likeness (QED) is 0.470. The minimum Gasteiger partial charge on any atom is -0.468 e. The van der Waals surface area contributed by atoms with Crippen LogP contribution in [0.2, 0.25) is 0 Å². The van der Waals surface area contributed by atoms with Crippen molar-refractivity contribution in [1.82, 2.24) is 0 Å². The van der Waals surface area contributed by atoms with Crippen LogP contribution in [0.3, 0.4) is 0 Å². The van der Waals surface area contributed by atoms with Crippen molar-refractivity contribution in [3.05, 3.63) is 95.1 Å². The number of nitrogens with zero attached hydrogens (tertiary/aromatic N) is 3. The van der Waals surface area contributed by atoms with Gasteiger partial charge >= 0.3 is 5.97 Å². The van der Waals surface area contributed by atoms with Crippen LogP contribution in [0.1, 0.15) is 39.9 Å². The van der Waals surface area contributed by atoms with Gasteiger partial charge in [0.2, 0.25) is 5.91 Å². The highest BCUT2D eigenvalue weighted by atomic mass is 16.5. The third kappa shape index (κ3) is 5.44. The Hall–Kier alpha value is -4.44. The SMILES string of the molecule is COC(=O)CN(C(=O)c1cccc2c1N(C(=O)CCc1ccc(C#N)cc1)CCC2)c1ccccc1. The van der Waals surface area contributed by atoms with E-state index in [1.165, 1.54) is 12.0 Å². The average molecular weight is 482 g/mol. The number of ether oxygens (including phenoxy) is 1. The molecule has 7 nitrogen and oxygen atoms in total. The van der Waals surface area contributed by atoms with Gasteiger partial charge in [0.1, 0.15) is 6.54 Å². The van der Waals surface area contributed by atoms with Crippen molar-refractivity contribution >= 4 is 29.2 Å². The Morgan fingerprint density at radius 2 is 1.75 bits per heavy atom. The molecule has 0 saturated heterocycles. The number of para-hydroxylation sites is 2. The van der Waals surface area contributed by atoms with Gasteiger partial charge in [0.15, 0.2) is 0 Å². The number of carbonyl (C=O) groups is 3. The lowest BCUT2D eigenvalue weighted by Crippen LogP contribution is -2.40. The number of aryl methyl sites for hydroxylation is 2. The maximum Gasteiger partial charge on any atom is 0.325 e. The molecule has 4 rings (SSSR count). The number of nitriles is 1. The first-order valence-corrected chi connectivity index (χ1v) is 11.9. The van der Waals surface area contributed by atoms with E-state index in [1.807, 2.05) is 30.3 Å². The topological polar surface area (TPSA) is 90.7 Å². The molecule has 0 aromatic heterocycles. The second kappa shape index (κ2) is 11.3. The largest absolute Gasteiger partial charge is 0.468 e. The van der Waals surface area contributed by atoms with Crippen LogP contribution in [0, 0.1) is 11.3 Å². The Kier molecular flexibility index (Phi) is 7.76. The molecule has 36 heavy (non-hydrogen) atoms. The fourth-order valence-corrected chi connectivity index (χ4v) is 4.43. The Morgan fingerprint density at radius 1 is 1.00 bits per heavy atom. The zero-order valence-corrected chi connectivity index (χ0v) is 20.1. The summed E-state index contributed by atoms with van der Waals surface area (Å²) in [6.07, 6.45) is 2.37. The van der Waals surface area contributed by atoms with Gasteiger partial charge in [0, 0.05) is 18.7 Å². The first kappa shape index (κ1) is 24.7. The molecule has 1 heterocycles. The van der Waals surface area contributed by atoms with Crippen molar-refractivity contribution in [2.75, 3.05) is 30.0 Å². The minimum absolute atomic E-state index is 0.0696. The molecular weight excluding hydrogens is 454 g/mol. The van der Waals surface area contributed by atoms with Crippen molar-refractivity contribution in [2.45, 2.75) is 25.7 Å². The molecule has 3 aromatic rings. The van der Waals surface area contributed by atoms with Crippen LogP contribution in [0.15, 0.2) is 72.8 Å². The minimum atomic E-state index is -0.535.